The highest BCUT2D eigenvalue weighted by molar-refractivity contribution is 7.78. The molecule has 5 heavy (non-hydrogen) atoms. The van der Waals surface area contributed by atoms with Crippen LogP contribution in [0.2, 0.25) is 0 Å². The second-order valence-electron chi connectivity index (χ2n) is 0.0913. The lowest BCUT2D eigenvalue weighted by Crippen LogP contribution is -0.979. The third-order valence-electron chi connectivity index (χ3n) is 0. The highest BCUT2D eigenvalue weighted by Crippen LogP contribution is 1.19. The number of thiol groups is 1. The Bertz CT molecular complexity index is 36.9. The van der Waals surface area contributed by atoms with E-state index in [-0.39, 0.29) is 0 Å². The van der Waals surface area contributed by atoms with Crippen molar-refractivity contribution in [1.82, 2.24) is 0 Å². The quantitative estimate of drug-likeness (QED) is 0.189. The van der Waals surface area contributed by atoms with Crippen molar-refractivity contribution in [2.24, 2.45) is 0 Å². The first kappa shape index (κ1) is 8.86. The molecule has 3 heteroatoms. The second kappa shape index (κ2) is 41.0. The van der Waals surface area contributed by atoms with Crippen LogP contribution in [0.5, 0.6) is 0 Å². The summed E-state index contributed by atoms with van der Waals surface area (Å²) in [6.45, 7) is 0. The van der Waals surface area contributed by atoms with E-state index in [2.05, 4.69) is 30.3 Å². The maximum absolute atomic E-state index is 7.13. The standard InChI is InChI=1S/CNS.CH2S/c2-1-3;1-2/h;1H2/q-1;/p+1. The number of hydrogen-bond acceptors (Lipinski definition) is 1. The van der Waals surface area contributed by atoms with Crippen molar-refractivity contribution in [3.05, 3.63) is 5.41 Å². The normalized spacial score (nSPS) is 2.40. The Morgan fingerprint density at radius 1 is 1.80 bits per heavy atom. The Morgan fingerprint density at radius 2 is 1.80 bits per heavy atom. The van der Waals surface area contributed by atoms with E-state index in [0.29, 0.717) is 0 Å². The summed E-state index contributed by atoms with van der Waals surface area (Å²) in [7, 11) is 0. The van der Waals surface area contributed by atoms with E-state index in [1.807, 2.05) is 0 Å². The van der Waals surface area contributed by atoms with Gasteiger partial charge >= 0.3 is 0 Å². The van der Waals surface area contributed by atoms with Crippen LogP contribution < -0.4 is 0 Å². The minimum Gasteiger partial charge on any atom is -0.753 e. The van der Waals surface area contributed by atoms with Gasteiger partial charge in [-0.3, -0.25) is 0 Å². The molecule has 0 aromatic rings. The molecule has 0 amide bonds. The largest absolute Gasteiger partial charge is 0.753 e. The molecule has 0 heterocycles. The maximum atomic E-state index is 7.13. The Balaban J connectivity index is 0. The van der Waals surface area contributed by atoms with Crippen LogP contribution >= 0.6 is 12.2 Å². The highest BCUT2D eigenvalue weighted by Gasteiger charge is 0.857. The van der Waals surface area contributed by atoms with Crippen LogP contribution in [0, 0.1) is 0 Å². The van der Waals surface area contributed by atoms with Crippen LogP contribution in [0.1, 0.15) is 0 Å². The number of thiocarbonyl (C=S) groups is 1. The van der Waals surface area contributed by atoms with Gasteiger partial charge in [-0.1, -0.05) is 12.2 Å². The molecular formula is C2H3NS2. The Hall–Kier alpha value is -0.110. The van der Waals surface area contributed by atoms with Crippen molar-refractivity contribution in [1.29, 1.82) is 0 Å². The molecule has 0 aliphatic rings. The van der Waals surface area contributed by atoms with Crippen LogP contribution in [0.4, 0.5) is 0 Å². The van der Waals surface area contributed by atoms with Crippen molar-refractivity contribution in [3.8, 4) is 0 Å². The molecule has 0 aromatic heterocycles. The van der Waals surface area contributed by atoms with Crippen molar-refractivity contribution >= 4 is 35.5 Å². The lowest BCUT2D eigenvalue weighted by atomic mass is 11.8. The van der Waals surface area contributed by atoms with Gasteiger partial charge in [0.15, 0.2) is 5.87 Å². The molecule has 0 fully saturated rings. The zero-order valence-electron chi connectivity index (χ0n) is 2.51. The molecule has 0 spiro atoms. The maximum Gasteiger partial charge on any atom is 0.151 e. The van der Waals surface area contributed by atoms with E-state index >= 15 is 0 Å². The van der Waals surface area contributed by atoms with Crippen molar-refractivity contribution in [3.63, 3.8) is 0 Å². The average Bonchev–Trinajstić information content (AvgIpc) is 1.46. The zero-order chi connectivity index (χ0) is 4.71. The van der Waals surface area contributed by atoms with Gasteiger partial charge in [-0.2, -0.15) is 5.16 Å². The fourth-order valence-electron chi connectivity index (χ4n) is 0. The zero-order valence-corrected chi connectivity index (χ0v) is 4.22. The van der Waals surface area contributed by atoms with Gasteiger partial charge in [0.1, 0.15) is 12.2 Å². The number of isothiocyanates is 1. The molecule has 0 atom stereocenters. The summed E-state index contributed by atoms with van der Waals surface area (Å²) in [6, 6.07) is 0. The predicted molar refractivity (Wildman–Crippen MR) is 31.8 cm³/mol. The van der Waals surface area contributed by atoms with E-state index in [0.717, 1.165) is 0 Å². The average molecular weight is 105 g/mol. The fourth-order valence-corrected chi connectivity index (χ4v) is 0. The highest BCUT2D eigenvalue weighted by atomic mass is 32.1. The topological polar surface area (TPSA) is 22.3 Å². The molecule has 0 aromatic carbocycles. The van der Waals surface area contributed by atoms with Gasteiger partial charge in [-0.15, -0.1) is 0 Å². The number of rotatable bonds is 0. The van der Waals surface area contributed by atoms with Gasteiger partial charge in [0, 0.05) is 0 Å². The predicted octanol–water partition coefficient (Wildman–Crippen LogP) is 0.356. The molecule has 0 saturated heterocycles. The molecule has 0 aliphatic heterocycles. The van der Waals surface area contributed by atoms with Crippen LogP contribution in [0.3, 0.4) is 0 Å². The third-order valence-corrected chi connectivity index (χ3v) is 0. The summed E-state index contributed by atoms with van der Waals surface area (Å²) in [5.41, 5.74) is 0. The summed E-state index contributed by atoms with van der Waals surface area (Å²) in [5.74, 6) is 2.94. The molecular weight excluding hydrogens is 102 g/mol. The number of hydrogen-bond donors (Lipinski definition) is 0. The molecule has 0 radical (unpaired) electrons. The summed E-state index contributed by atoms with van der Waals surface area (Å²) >= 11 is 6.98. The van der Waals surface area contributed by atoms with Crippen molar-refractivity contribution in [2.45, 2.75) is 0 Å². The third kappa shape index (κ3) is 1150. The smallest absolute Gasteiger partial charge is 0.151 e. The molecule has 0 bridgehead atoms. The summed E-state index contributed by atoms with van der Waals surface area (Å²) in [5, 5.41) is 8.47. The second-order valence-corrected chi connectivity index (χ2v) is 0.274. The van der Waals surface area contributed by atoms with Crippen molar-refractivity contribution < 1.29 is 0 Å². The number of nitrogens with zero attached hydrogens (tertiary/aromatic N) is 1. The first-order valence-corrected chi connectivity index (χ1v) is 1.78. The van der Waals surface area contributed by atoms with Gasteiger partial charge < -0.3 is 5.41 Å². The van der Waals surface area contributed by atoms with Gasteiger partial charge in [0.25, 0.3) is 0 Å². The monoisotopic (exact) mass is 105 g/mol. The van der Waals surface area contributed by atoms with E-state index < -0.39 is 0 Å². The molecule has 0 aliphatic carbocycles. The Morgan fingerprint density at radius 3 is 1.80 bits per heavy atom. The van der Waals surface area contributed by atoms with Gasteiger partial charge in [0.05, 0.1) is 0 Å². The molecule has 0 saturated carbocycles. The molecule has 28 valence electrons. The first-order chi connectivity index (χ1) is 2.41. The Kier molecular flexibility index (Phi) is 72.7. The van der Waals surface area contributed by atoms with Crippen LogP contribution in [0.25, 0.3) is 5.41 Å². The van der Waals surface area contributed by atoms with Crippen LogP contribution in [-0.4, -0.2) is 11.0 Å². The van der Waals surface area contributed by atoms with Crippen LogP contribution in [0.15, 0.2) is 0 Å². The molecule has 0 unspecified atom stereocenters. The van der Waals surface area contributed by atoms with Crippen molar-refractivity contribution in [2.75, 3.05) is 0 Å². The lowest BCUT2D eigenvalue weighted by molar-refractivity contribution is 3.08. The van der Waals surface area contributed by atoms with Crippen LogP contribution in [-0.2, 0) is 12.2 Å². The summed E-state index contributed by atoms with van der Waals surface area (Å²) in [4.78, 5) is 0. The Labute approximate surface area is 41.5 Å². The van der Waals surface area contributed by atoms with E-state index in [1.54, 1.807) is 0 Å². The minimum absolute atomic E-state index is 1.33. The van der Waals surface area contributed by atoms with Gasteiger partial charge in [0.2, 0.25) is 0 Å². The SMILES string of the molecule is C=[SH+].[N-]=C=S. The van der Waals surface area contributed by atoms with E-state index in [1.165, 1.54) is 5.16 Å². The lowest BCUT2D eigenvalue weighted by Gasteiger charge is -1.37. The van der Waals surface area contributed by atoms with E-state index in [9.17, 15) is 0 Å². The molecule has 1 nitrogen and oxygen atoms in total. The first-order valence-electron chi connectivity index (χ1n) is 0.744. The van der Waals surface area contributed by atoms with Gasteiger partial charge in [-0.05, 0) is 0 Å². The van der Waals surface area contributed by atoms with E-state index in [4.69, 9.17) is 5.41 Å². The fraction of sp³-hybridized carbons (Fsp3) is 0. The van der Waals surface area contributed by atoms with Gasteiger partial charge in [-0.25, -0.2) is 0 Å². The molecule has 0 N–H and O–H groups in total. The summed E-state index contributed by atoms with van der Waals surface area (Å²) in [6.07, 6.45) is 0. The summed E-state index contributed by atoms with van der Waals surface area (Å²) < 4.78 is 0. The minimum atomic E-state index is 1.33. The molecule has 0 rings (SSSR count).